The van der Waals surface area contributed by atoms with Crippen molar-refractivity contribution in [2.75, 3.05) is 31.1 Å². The lowest BCUT2D eigenvalue weighted by Gasteiger charge is -2.29. The summed E-state index contributed by atoms with van der Waals surface area (Å²) in [6.45, 7) is 8.28. The summed E-state index contributed by atoms with van der Waals surface area (Å²) in [5.41, 5.74) is 3.53. The molecule has 2 fully saturated rings. The maximum Gasteiger partial charge on any atom is 0.160 e. The molecule has 0 amide bonds. The Labute approximate surface area is 177 Å². The van der Waals surface area contributed by atoms with Crippen molar-refractivity contribution in [3.05, 3.63) is 53.9 Å². The number of amidine groups is 1. The van der Waals surface area contributed by atoms with Gasteiger partial charge in [0.25, 0.3) is 0 Å². The van der Waals surface area contributed by atoms with Crippen LogP contribution in [0.4, 0.5) is 5.69 Å². The fraction of sp³-hybridized carbons (Fsp3) is 0.478. The highest BCUT2D eigenvalue weighted by Crippen LogP contribution is 2.48. The Kier molecular flexibility index (Phi) is 5.12. The predicted octanol–water partition coefficient (Wildman–Crippen LogP) is 4.67. The SMILES string of the molecule is CCOc1cc([C@@H]2[C@@H](c3ccccn3)N=C3S[C@@H](C)CN32)ccc1N1CCCC1. The molecule has 4 heterocycles. The van der Waals surface area contributed by atoms with Crippen molar-refractivity contribution >= 4 is 22.6 Å². The average Bonchev–Trinajstić information content (AvgIpc) is 3.45. The van der Waals surface area contributed by atoms with Crippen LogP contribution in [0.25, 0.3) is 0 Å². The van der Waals surface area contributed by atoms with Crippen molar-refractivity contribution in [1.29, 1.82) is 0 Å². The zero-order valence-electron chi connectivity index (χ0n) is 17.1. The average molecular weight is 409 g/mol. The van der Waals surface area contributed by atoms with E-state index in [2.05, 4.69) is 59.0 Å². The first-order valence-corrected chi connectivity index (χ1v) is 11.6. The van der Waals surface area contributed by atoms with Crippen LogP contribution >= 0.6 is 11.8 Å². The number of thioether (sulfide) groups is 1. The molecule has 5 nitrogen and oxygen atoms in total. The molecule has 1 aromatic heterocycles. The fourth-order valence-corrected chi connectivity index (χ4v) is 5.78. The summed E-state index contributed by atoms with van der Waals surface area (Å²) in [5, 5.41) is 1.72. The Balaban J connectivity index is 1.54. The van der Waals surface area contributed by atoms with Crippen LogP contribution in [0.5, 0.6) is 5.75 Å². The number of aromatic nitrogens is 1. The third kappa shape index (κ3) is 3.48. The van der Waals surface area contributed by atoms with Crippen molar-refractivity contribution in [2.45, 2.75) is 44.0 Å². The summed E-state index contributed by atoms with van der Waals surface area (Å²) in [6.07, 6.45) is 4.39. The lowest BCUT2D eigenvalue weighted by molar-refractivity contribution is 0.316. The van der Waals surface area contributed by atoms with Crippen LogP contribution in [0, 0.1) is 0 Å². The van der Waals surface area contributed by atoms with Crippen molar-refractivity contribution in [2.24, 2.45) is 4.99 Å². The number of ether oxygens (including phenoxy) is 1. The summed E-state index contributed by atoms with van der Waals surface area (Å²) in [5.74, 6) is 1.00. The van der Waals surface area contributed by atoms with Crippen LogP contribution in [-0.2, 0) is 0 Å². The normalized spacial score (nSPS) is 26.0. The number of hydrogen-bond acceptors (Lipinski definition) is 6. The van der Waals surface area contributed by atoms with Crippen molar-refractivity contribution in [1.82, 2.24) is 9.88 Å². The van der Waals surface area contributed by atoms with E-state index in [1.807, 2.05) is 24.0 Å². The Morgan fingerprint density at radius 2 is 2.03 bits per heavy atom. The summed E-state index contributed by atoms with van der Waals surface area (Å²) in [4.78, 5) is 14.7. The molecule has 0 saturated carbocycles. The highest BCUT2D eigenvalue weighted by atomic mass is 32.2. The Morgan fingerprint density at radius 3 is 2.79 bits per heavy atom. The number of benzene rings is 1. The van der Waals surface area contributed by atoms with Gasteiger partial charge in [-0.3, -0.25) is 9.98 Å². The molecule has 152 valence electrons. The molecule has 0 aliphatic carbocycles. The van der Waals surface area contributed by atoms with Crippen molar-refractivity contribution in [3.8, 4) is 5.75 Å². The van der Waals surface area contributed by atoms with Gasteiger partial charge >= 0.3 is 0 Å². The van der Waals surface area contributed by atoms with Crippen LogP contribution in [0.15, 0.2) is 47.6 Å². The molecule has 2 saturated heterocycles. The van der Waals surface area contributed by atoms with E-state index >= 15 is 0 Å². The second-order valence-electron chi connectivity index (χ2n) is 7.99. The van der Waals surface area contributed by atoms with Gasteiger partial charge in [0.1, 0.15) is 11.8 Å². The van der Waals surface area contributed by atoms with Gasteiger partial charge in [0.05, 0.1) is 24.0 Å². The molecule has 0 unspecified atom stereocenters. The number of nitrogens with zero attached hydrogens (tertiary/aromatic N) is 4. The monoisotopic (exact) mass is 408 g/mol. The highest BCUT2D eigenvalue weighted by molar-refractivity contribution is 8.14. The van der Waals surface area contributed by atoms with Crippen LogP contribution in [0.1, 0.15) is 50.0 Å². The zero-order valence-corrected chi connectivity index (χ0v) is 17.9. The van der Waals surface area contributed by atoms with E-state index in [1.165, 1.54) is 24.1 Å². The van der Waals surface area contributed by atoms with Gasteiger partial charge < -0.3 is 14.5 Å². The standard InChI is InChI=1S/C23H28N4OS/c1-3-28-20-14-17(9-10-19(20)26-12-6-7-13-26)22-21(18-8-4-5-11-24-18)25-23-27(22)15-16(2)29-23/h4-5,8-11,14,16,21-22H,3,6-7,12-13,15H2,1-2H3/t16-,21+,22+/m0/s1. The minimum Gasteiger partial charge on any atom is -0.492 e. The van der Waals surface area contributed by atoms with E-state index in [0.29, 0.717) is 11.9 Å². The Hall–Kier alpha value is -2.21. The highest BCUT2D eigenvalue weighted by Gasteiger charge is 2.43. The number of hydrogen-bond donors (Lipinski definition) is 0. The quantitative estimate of drug-likeness (QED) is 0.719. The third-order valence-electron chi connectivity index (χ3n) is 5.95. The van der Waals surface area contributed by atoms with Crippen LogP contribution in [0.2, 0.25) is 0 Å². The minimum absolute atomic E-state index is 0.0262. The van der Waals surface area contributed by atoms with Gasteiger partial charge in [0.15, 0.2) is 5.17 Å². The van der Waals surface area contributed by atoms with Crippen LogP contribution in [0.3, 0.4) is 0 Å². The molecule has 1 aromatic carbocycles. The number of pyridine rings is 1. The number of fused-ring (bicyclic) bond motifs is 1. The summed E-state index contributed by atoms with van der Waals surface area (Å²) >= 11 is 1.88. The van der Waals surface area contributed by atoms with Gasteiger partial charge in [-0.15, -0.1) is 0 Å². The number of rotatable bonds is 5. The Bertz CT molecular complexity index is 897. The van der Waals surface area contributed by atoms with E-state index in [0.717, 1.165) is 36.2 Å². The first-order chi connectivity index (χ1) is 14.2. The third-order valence-corrected chi connectivity index (χ3v) is 7.06. The molecule has 0 N–H and O–H groups in total. The van der Waals surface area contributed by atoms with Gasteiger partial charge in [-0.1, -0.05) is 30.8 Å². The van der Waals surface area contributed by atoms with Gasteiger partial charge in [0.2, 0.25) is 0 Å². The zero-order chi connectivity index (χ0) is 19.8. The molecule has 0 spiro atoms. The first-order valence-electron chi connectivity index (χ1n) is 10.7. The Morgan fingerprint density at radius 1 is 1.17 bits per heavy atom. The molecule has 5 rings (SSSR count). The van der Waals surface area contributed by atoms with E-state index in [-0.39, 0.29) is 12.1 Å². The molecule has 0 radical (unpaired) electrons. The summed E-state index contributed by atoms with van der Waals surface area (Å²) in [7, 11) is 0. The van der Waals surface area contributed by atoms with Crippen molar-refractivity contribution in [3.63, 3.8) is 0 Å². The van der Waals surface area contributed by atoms with Gasteiger partial charge in [0, 0.05) is 31.1 Å². The lowest BCUT2D eigenvalue weighted by atomic mass is 9.95. The van der Waals surface area contributed by atoms with Gasteiger partial charge in [-0.05, 0) is 49.6 Å². The molecule has 2 aromatic rings. The van der Waals surface area contributed by atoms with Crippen LogP contribution in [-0.4, -0.2) is 46.5 Å². The van der Waals surface area contributed by atoms with Gasteiger partial charge in [-0.2, -0.15) is 0 Å². The molecule has 29 heavy (non-hydrogen) atoms. The molecular formula is C23H28N4OS. The van der Waals surface area contributed by atoms with E-state index in [9.17, 15) is 0 Å². The maximum atomic E-state index is 6.10. The molecule has 3 aliphatic heterocycles. The minimum atomic E-state index is 0.0262. The summed E-state index contributed by atoms with van der Waals surface area (Å²) < 4.78 is 6.10. The van der Waals surface area contributed by atoms with Gasteiger partial charge in [-0.25, -0.2) is 0 Å². The maximum absolute atomic E-state index is 6.10. The van der Waals surface area contributed by atoms with E-state index in [4.69, 9.17) is 9.73 Å². The number of aliphatic imine (C=N–C) groups is 1. The molecule has 3 atom stereocenters. The van der Waals surface area contributed by atoms with E-state index < -0.39 is 0 Å². The second kappa shape index (κ2) is 7.90. The predicted molar refractivity (Wildman–Crippen MR) is 120 cm³/mol. The molecule has 3 aliphatic rings. The molecular weight excluding hydrogens is 380 g/mol. The van der Waals surface area contributed by atoms with Crippen molar-refractivity contribution < 1.29 is 4.74 Å². The molecule has 0 bridgehead atoms. The molecule has 6 heteroatoms. The fourth-order valence-electron chi connectivity index (χ4n) is 4.68. The largest absolute Gasteiger partial charge is 0.492 e. The van der Waals surface area contributed by atoms with E-state index in [1.54, 1.807) is 0 Å². The summed E-state index contributed by atoms with van der Waals surface area (Å²) in [6, 6.07) is 13.1. The number of anilines is 1. The first kappa shape index (κ1) is 18.8. The second-order valence-corrected chi connectivity index (χ2v) is 9.40. The smallest absolute Gasteiger partial charge is 0.160 e. The topological polar surface area (TPSA) is 41.0 Å². The van der Waals surface area contributed by atoms with Crippen LogP contribution < -0.4 is 9.64 Å². The lowest BCUT2D eigenvalue weighted by Crippen LogP contribution is -2.28.